The van der Waals surface area contributed by atoms with Gasteiger partial charge in [0.25, 0.3) is 0 Å². The van der Waals surface area contributed by atoms with Crippen LogP contribution in [0.2, 0.25) is 5.02 Å². The first kappa shape index (κ1) is 13.9. The van der Waals surface area contributed by atoms with E-state index in [4.69, 9.17) is 22.1 Å². The molecule has 0 amide bonds. The molecule has 2 rings (SSSR count). The minimum absolute atomic E-state index is 0.458. The fraction of sp³-hybridized carbons (Fsp3) is 0.200. The van der Waals surface area contributed by atoms with Crippen molar-refractivity contribution < 1.29 is 9.84 Å². The zero-order chi connectivity index (χ0) is 13.8. The second kappa shape index (κ2) is 6.06. The van der Waals surface area contributed by atoms with Crippen LogP contribution in [0, 0.1) is 0 Å². The van der Waals surface area contributed by atoms with Crippen molar-refractivity contribution in [1.82, 2.24) is 0 Å². The van der Waals surface area contributed by atoms with Gasteiger partial charge in [0.2, 0.25) is 0 Å². The summed E-state index contributed by atoms with van der Waals surface area (Å²) in [4.78, 5) is 0. The molecule has 2 unspecified atom stereocenters. The van der Waals surface area contributed by atoms with Gasteiger partial charge in [-0.15, -0.1) is 0 Å². The largest absolute Gasteiger partial charge is 0.495 e. The number of ether oxygens (including phenoxy) is 1. The molecule has 0 spiro atoms. The predicted molar refractivity (Wildman–Crippen MR) is 76.3 cm³/mol. The van der Waals surface area contributed by atoms with E-state index in [1.807, 2.05) is 30.3 Å². The summed E-state index contributed by atoms with van der Waals surface area (Å²) >= 11 is 6.05. The molecule has 0 aliphatic carbocycles. The predicted octanol–water partition coefficient (Wildman–Crippen LogP) is 3.08. The molecule has 19 heavy (non-hydrogen) atoms. The lowest BCUT2D eigenvalue weighted by Crippen LogP contribution is -2.19. The van der Waals surface area contributed by atoms with Crippen LogP contribution in [0.1, 0.15) is 23.3 Å². The fourth-order valence-electron chi connectivity index (χ4n) is 1.93. The van der Waals surface area contributed by atoms with Gasteiger partial charge in [0.1, 0.15) is 5.75 Å². The Hall–Kier alpha value is -1.55. The Morgan fingerprint density at radius 2 is 1.79 bits per heavy atom. The molecule has 2 aromatic carbocycles. The van der Waals surface area contributed by atoms with Crippen LogP contribution in [0.25, 0.3) is 0 Å². The molecule has 0 radical (unpaired) electrons. The quantitative estimate of drug-likeness (QED) is 0.903. The molecule has 2 aromatic rings. The van der Waals surface area contributed by atoms with Crippen molar-refractivity contribution in [3.8, 4) is 5.75 Å². The van der Waals surface area contributed by atoms with Gasteiger partial charge in [-0.2, -0.15) is 0 Å². The van der Waals surface area contributed by atoms with Gasteiger partial charge >= 0.3 is 0 Å². The standard InChI is InChI=1S/C15H16ClNO2/c1-19-13-8-7-11(9-12(13)16)15(18)14(17)10-5-3-2-4-6-10/h2-9,14-15,18H,17H2,1H3. The number of benzene rings is 2. The summed E-state index contributed by atoms with van der Waals surface area (Å²) in [5.74, 6) is 0.575. The Kier molecular flexibility index (Phi) is 4.43. The second-order valence-electron chi connectivity index (χ2n) is 4.28. The number of methoxy groups -OCH3 is 1. The van der Waals surface area contributed by atoms with Crippen LogP contribution in [0.15, 0.2) is 48.5 Å². The molecule has 2 atom stereocenters. The van der Waals surface area contributed by atoms with E-state index in [2.05, 4.69) is 0 Å². The normalized spacial score (nSPS) is 13.9. The highest BCUT2D eigenvalue weighted by molar-refractivity contribution is 6.32. The van der Waals surface area contributed by atoms with Crippen molar-refractivity contribution in [3.05, 3.63) is 64.7 Å². The van der Waals surface area contributed by atoms with E-state index in [1.165, 1.54) is 0 Å². The van der Waals surface area contributed by atoms with Crippen LogP contribution in [-0.4, -0.2) is 12.2 Å². The van der Waals surface area contributed by atoms with Gasteiger partial charge in [-0.25, -0.2) is 0 Å². The van der Waals surface area contributed by atoms with Gasteiger partial charge in [-0.1, -0.05) is 48.0 Å². The van der Waals surface area contributed by atoms with Crippen LogP contribution >= 0.6 is 11.6 Å². The summed E-state index contributed by atoms with van der Waals surface area (Å²) in [6, 6.07) is 14.1. The Balaban J connectivity index is 2.24. The molecule has 3 nitrogen and oxygen atoms in total. The lowest BCUT2D eigenvalue weighted by Gasteiger charge is -2.20. The van der Waals surface area contributed by atoms with Crippen molar-refractivity contribution in [2.45, 2.75) is 12.1 Å². The lowest BCUT2D eigenvalue weighted by molar-refractivity contribution is 0.147. The van der Waals surface area contributed by atoms with E-state index in [-0.39, 0.29) is 0 Å². The van der Waals surface area contributed by atoms with Gasteiger partial charge in [0.15, 0.2) is 0 Å². The third-order valence-electron chi connectivity index (χ3n) is 3.04. The van der Waals surface area contributed by atoms with Gasteiger partial charge in [0.05, 0.1) is 24.3 Å². The molecule has 0 bridgehead atoms. The second-order valence-corrected chi connectivity index (χ2v) is 4.68. The van der Waals surface area contributed by atoms with Crippen LogP contribution in [0.5, 0.6) is 5.75 Å². The van der Waals surface area contributed by atoms with Crippen LogP contribution in [0.3, 0.4) is 0 Å². The first-order valence-electron chi connectivity index (χ1n) is 5.95. The molecule has 100 valence electrons. The highest BCUT2D eigenvalue weighted by Gasteiger charge is 2.19. The summed E-state index contributed by atoms with van der Waals surface area (Å²) in [7, 11) is 1.55. The van der Waals surface area contributed by atoms with Gasteiger partial charge in [0, 0.05) is 0 Å². The third-order valence-corrected chi connectivity index (χ3v) is 3.34. The van der Waals surface area contributed by atoms with Crippen LogP contribution in [-0.2, 0) is 0 Å². The molecule has 0 aliphatic rings. The van der Waals surface area contributed by atoms with Crippen molar-refractivity contribution in [3.63, 3.8) is 0 Å². The highest BCUT2D eigenvalue weighted by atomic mass is 35.5. The molecule has 0 aliphatic heterocycles. The smallest absolute Gasteiger partial charge is 0.137 e. The Bertz CT molecular complexity index is 545. The van der Waals surface area contributed by atoms with Crippen LogP contribution < -0.4 is 10.5 Å². The van der Waals surface area contributed by atoms with Crippen molar-refractivity contribution >= 4 is 11.6 Å². The minimum atomic E-state index is -0.814. The average molecular weight is 278 g/mol. The fourth-order valence-corrected chi connectivity index (χ4v) is 2.20. The summed E-state index contributed by atoms with van der Waals surface area (Å²) < 4.78 is 5.08. The average Bonchev–Trinajstić information content (AvgIpc) is 2.46. The molecule has 4 heteroatoms. The van der Waals surface area contributed by atoms with Crippen molar-refractivity contribution in [1.29, 1.82) is 0 Å². The van der Waals surface area contributed by atoms with E-state index in [1.54, 1.807) is 25.3 Å². The number of aliphatic hydroxyl groups excluding tert-OH is 1. The third kappa shape index (κ3) is 3.07. The van der Waals surface area contributed by atoms with Gasteiger partial charge in [-0.05, 0) is 23.3 Å². The number of halogens is 1. The monoisotopic (exact) mass is 277 g/mol. The zero-order valence-corrected chi connectivity index (χ0v) is 11.3. The maximum absolute atomic E-state index is 10.3. The number of aliphatic hydroxyl groups is 1. The van der Waals surface area contributed by atoms with Crippen LogP contribution in [0.4, 0.5) is 0 Å². The topological polar surface area (TPSA) is 55.5 Å². The maximum atomic E-state index is 10.3. The molecule has 0 heterocycles. The van der Waals surface area contributed by atoms with Crippen molar-refractivity contribution in [2.75, 3.05) is 7.11 Å². The first-order chi connectivity index (χ1) is 9.13. The van der Waals surface area contributed by atoms with E-state index >= 15 is 0 Å². The Morgan fingerprint density at radius 1 is 1.11 bits per heavy atom. The number of hydrogen-bond donors (Lipinski definition) is 2. The molecule has 0 saturated heterocycles. The number of rotatable bonds is 4. The van der Waals surface area contributed by atoms with E-state index in [9.17, 15) is 5.11 Å². The minimum Gasteiger partial charge on any atom is -0.495 e. The molecule has 3 N–H and O–H groups in total. The molecular formula is C15H16ClNO2. The number of hydrogen-bond acceptors (Lipinski definition) is 3. The van der Waals surface area contributed by atoms with Gasteiger partial charge < -0.3 is 15.6 Å². The Morgan fingerprint density at radius 3 is 2.37 bits per heavy atom. The van der Waals surface area contributed by atoms with Gasteiger partial charge in [-0.3, -0.25) is 0 Å². The van der Waals surface area contributed by atoms with E-state index < -0.39 is 12.1 Å². The summed E-state index contributed by atoms with van der Waals surface area (Å²) in [5, 5.41) is 10.8. The molecule has 0 aromatic heterocycles. The molecule has 0 fully saturated rings. The lowest BCUT2D eigenvalue weighted by atomic mass is 9.96. The molecule has 0 saturated carbocycles. The zero-order valence-electron chi connectivity index (χ0n) is 10.6. The highest BCUT2D eigenvalue weighted by Crippen LogP contribution is 2.32. The Labute approximate surface area is 117 Å². The number of nitrogens with two attached hydrogens (primary N) is 1. The van der Waals surface area contributed by atoms with E-state index in [0.717, 1.165) is 5.56 Å². The van der Waals surface area contributed by atoms with Crippen molar-refractivity contribution in [2.24, 2.45) is 5.73 Å². The summed E-state index contributed by atoms with van der Waals surface area (Å²) in [5.41, 5.74) is 7.61. The SMILES string of the molecule is COc1ccc(C(O)C(N)c2ccccc2)cc1Cl. The first-order valence-corrected chi connectivity index (χ1v) is 6.33. The molecular weight excluding hydrogens is 262 g/mol. The van der Waals surface area contributed by atoms with E-state index in [0.29, 0.717) is 16.3 Å². The maximum Gasteiger partial charge on any atom is 0.137 e. The summed E-state index contributed by atoms with van der Waals surface area (Å²) in [6.07, 6.45) is -0.814. The summed E-state index contributed by atoms with van der Waals surface area (Å²) in [6.45, 7) is 0.